The second-order valence-electron chi connectivity index (χ2n) is 5.20. The molecule has 1 aromatic heterocycles. The van der Waals surface area contributed by atoms with E-state index in [1.54, 1.807) is 0 Å². The van der Waals surface area contributed by atoms with Crippen LogP contribution >= 0.6 is 11.3 Å². The highest BCUT2D eigenvalue weighted by Crippen LogP contribution is 2.25. The molecule has 0 fully saturated rings. The maximum atomic E-state index is 3.70. The molecule has 104 valence electrons. The first-order valence-electron chi connectivity index (χ1n) is 7.56. The summed E-state index contributed by atoms with van der Waals surface area (Å²) in [6.07, 6.45) is 9.39. The summed E-state index contributed by atoms with van der Waals surface area (Å²) in [6.45, 7) is 7.85. The molecule has 0 bridgehead atoms. The zero-order valence-electron chi connectivity index (χ0n) is 12.3. The number of hydrogen-bond donors (Lipinski definition) is 1. The molecule has 0 amide bonds. The van der Waals surface area contributed by atoms with Gasteiger partial charge in [0, 0.05) is 10.9 Å². The number of unbranched alkanes of at least 4 members (excludes halogenated alkanes) is 4. The summed E-state index contributed by atoms with van der Waals surface area (Å²) in [5.41, 5.74) is 1.50. The lowest BCUT2D eigenvalue weighted by molar-refractivity contribution is 0.469. The zero-order chi connectivity index (χ0) is 13.2. The van der Waals surface area contributed by atoms with Crippen molar-refractivity contribution in [3.8, 4) is 0 Å². The van der Waals surface area contributed by atoms with E-state index < -0.39 is 0 Å². The lowest BCUT2D eigenvalue weighted by atomic mass is 10.0. The average molecular weight is 267 g/mol. The van der Waals surface area contributed by atoms with Crippen LogP contribution in [0.4, 0.5) is 0 Å². The molecule has 0 aromatic carbocycles. The van der Waals surface area contributed by atoms with Crippen LogP contribution in [0.15, 0.2) is 11.4 Å². The highest BCUT2D eigenvalue weighted by Gasteiger charge is 2.11. The fourth-order valence-corrected chi connectivity index (χ4v) is 3.06. The lowest BCUT2D eigenvalue weighted by Gasteiger charge is -2.17. The molecule has 0 saturated heterocycles. The van der Waals surface area contributed by atoms with E-state index in [9.17, 15) is 0 Å². The molecule has 0 spiro atoms. The number of aryl methyl sites for hydroxylation is 1. The second kappa shape index (κ2) is 9.57. The Kier molecular flexibility index (Phi) is 8.36. The smallest absolute Gasteiger partial charge is 0.0328 e. The van der Waals surface area contributed by atoms with Gasteiger partial charge in [-0.2, -0.15) is 0 Å². The van der Waals surface area contributed by atoms with E-state index >= 15 is 0 Å². The van der Waals surface area contributed by atoms with Crippen molar-refractivity contribution in [3.63, 3.8) is 0 Å². The van der Waals surface area contributed by atoms with Crippen LogP contribution in [0.25, 0.3) is 0 Å². The van der Waals surface area contributed by atoms with Gasteiger partial charge >= 0.3 is 0 Å². The van der Waals surface area contributed by atoms with Crippen LogP contribution in [-0.4, -0.2) is 6.54 Å². The summed E-state index contributed by atoms with van der Waals surface area (Å²) in [5, 5.41) is 6.02. The number of rotatable bonds is 10. The van der Waals surface area contributed by atoms with Crippen LogP contribution in [0.3, 0.4) is 0 Å². The van der Waals surface area contributed by atoms with E-state index in [1.165, 1.54) is 55.4 Å². The highest BCUT2D eigenvalue weighted by molar-refractivity contribution is 7.10. The molecule has 2 heteroatoms. The molecular weight excluding hydrogens is 238 g/mol. The molecule has 0 saturated carbocycles. The Bertz CT molecular complexity index is 306. The van der Waals surface area contributed by atoms with Gasteiger partial charge in [-0.15, -0.1) is 11.3 Å². The lowest BCUT2D eigenvalue weighted by Crippen LogP contribution is -2.21. The van der Waals surface area contributed by atoms with E-state index in [1.807, 2.05) is 11.3 Å². The molecule has 1 nitrogen and oxygen atoms in total. The molecule has 18 heavy (non-hydrogen) atoms. The van der Waals surface area contributed by atoms with Crippen molar-refractivity contribution >= 4 is 11.3 Å². The quantitative estimate of drug-likeness (QED) is 0.555. The minimum absolute atomic E-state index is 0.580. The monoisotopic (exact) mass is 267 g/mol. The average Bonchev–Trinajstić information content (AvgIpc) is 2.79. The van der Waals surface area contributed by atoms with Gasteiger partial charge in [0.15, 0.2) is 0 Å². The molecule has 0 aliphatic heterocycles. The van der Waals surface area contributed by atoms with Gasteiger partial charge in [0.05, 0.1) is 0 Å². The van der Waals surface area contributed by atoms with Crippen molar-refractivity contribution < 1.29 is 0 Å². The van der Waals surface area contributed by atoms with Crippen molar-refractivity contribution in [2.45, 2.75) is 71.8 Å². The Morgan fingerprint density at radius 3 is 2.50 bits per heavy atom. The topological polar surface area (TPSA) is 12.0 Å². The molecule has 1 atom stereocenters. The van der Waals surface area contributed by atoms with Gasteiger partial charge in [-0.05, 0) is 43.3 Å². The summed E-state index contributed by atoms with van der Waals surface area (Å²) in [5.74, 6) is 0. The van der Waals surface area contributed by atoms with E-state index in [2.05, 4.69) is 37.5 Å². The van der Waals surface area contributed by atoms with Crippen LogP contribution in [0.5, 0.6) is 0 Å². The van der Waals surface area contributed by atoms with Gasteiger partial charge in [0.25, 0.3) is 0 Å². The van der Waals surface area contributed by atoms with Crippen LogP contribution in [0.1, 0.15) is 75.3 Å². The van der Waals surface area contributed by atoms with Crippen molar-refractivity contribution in [2.24, 2.45) is 0 Å². The Hall–Kier alpha value is -0.340. The summed E-state index contributed by atoms with van der Waals surface area (Å²) in [7, 11) is 0. The second-order valence-corrected chi connectivity index (χ2v) is 6.32. The Morgan fingerprint density at radius 1 is 1.11 bits per heavy atom. The molecule has 1 unspecified atom stereocenters. The third-order valence-electron chi connectivity index (χ3n) is 3.39. The Morgan fingerprint density at radius 2 is 1.89 bits per heavy atom. The number of nitrogens with one attached hydrogen (secondary N) is 1. The largest absolute Gasteiger partial charge is 0.310 e. The van der Waals surface area contributed by atoms with Gasteiger partial charge in [-0.25, -0.2) is 0 Å². The van der Waals surface area contributed by atoms with Gasteiger partial charge in [-0.3, -0.25) is 0 Å². The maximum Gasteiger partial charge on any atom is 0.0328 e. The van der Waals surface area contributed by atoms with Crippen molar-refractivity contribution in [3.05, 3.63) is 21.9 Å². The summed E-state index contributed by atoms with van der Waals surface area (Å²) in [4.78, 5) is 1.43. The first kappa shape index (κ1) is 15.7. The molecule has 1 heterocycles. The third kappa shape index (κ3) is 6.01. The Balaban J connectivity index is 2.36. The van der Waals surface area contributed by atoms with E-state index in [0.717, 1.165) is 6.54 Å². The molecule has 1 N–H and O–H groups in total. The minimum Gasteiger partial charge on any atom is -0.310 e. The van der Waals surface area contributed by atoms with Crippen LogP contribution in [0.2, 0.25) is 0 Å². The van der Waals surface area contributed by atoms with E-state index in [-0.39, 0.29) is 0 Å². The molecule has 0 aliphatic carbocycles. The first-order valence-corrected chi connectivity index (χ1v) is 8.44. The van der Waals surface area contributed by atoms with Gasteiger partial charge < -0.3 is 5.32 Å². The van der Waals surface area contributed by atoms with Crippen molar-refractivity contribution in [1.29, 1.82) is 0 Å². The van der Waals surface area contributed by atoms with E-state index in [4.69, 9.17) is 0 Å². The summed E-state index contributed by atoms with van der Waals surface area (Å²) < 4.78 is 0. The van der Waals surface area contributed by atoms with E-state index in [0.29, 0.717) is 6.04 Å². The standard InChI is InChI=1S/C16H29NS/c1-4-6-7-8-9-10-16(17-11-5-2)15-12-14(3)18-13-15/h12-13,16-17H,4-11H2,1-3H3. The van der Waals surface area contributed by atoms with Crippen molar-refractivity contribution in [2.75, 3.05) is 6.54 Å². The van der Waals surface area contributed by atoms with Crippen LogP contribution in [-0.2, 0) is 0 Å². The number of thiophene rings is 1. The van der Waals surface area contributed by atoms with Gasteiger partial charge in [-0.1, -0.05) is 46.0 Å². The molecule has 1 rings (SSSR count). The van der Waals surface area contributed by atoms with Crippen molar-refractivity contribution in [1.82, 2.24) is 5.32 Å². The van der Waals surface area contributed by atoms with Crippen LogP contribution in [0, 0.1) is 6.92 Å². The molecule has 1 aromatic rings. The summed E-state index contributed by atoms with van der Waals surface area (Å²) >= 11 is 1.87. The zero-order valence-corrected chi connectivity index (χ0v) is 13.1. The van der Waals surface area contributed by atoms with Crippen LogP contribution < -0.4 is 5.32 Å². The predicted molar refractivity (Wildman–Crippen MR) is 83.5 cm³/mol. The minimum atomic E-state index is 0.580. The molecule has 0 aliphatic rings. The number of hydrogen-bond acceptors (Lipinski definition) is 2. The SMILES string of the molecule is CCCCCCCC(NCCC)c1csc(C)c1. The van der Waals surface area contributed by atoms with Gasteiger partial charge in [0.1, 0.15) is 0 Å². The maximum absolute atomic E-state index is 3.70. The fraction of sp³-hybridized carbons (Fsp3) is 0.750. The molecular formula is C16H29NS. The third-order valence-corrected chi connectivity index (χ3v) is 4.27. The summed E-state index contributed by atoms with van der Waals surface area (Å²) in [6, 6.07) is 2.93. The van der Waals surface area contributed by atoms with Gasteiger partial charge in [0.2, 0.25) is 0 Å². The molecule has 0 radical (unpaired) electrons. The highest BCUT2D eigenvalue weighted by atomic mass is 32.1. The Labute approximate surface area is 117 Å². The normalized spacial score (nSPS) is 12.8. The first-order chi connectivity index (χ1) is 8.77. The fourth-order valence-electron chi connectivity index (χ4n) is 2.30. The predicted octanol–water partition coefficient (Wildman–Crippen LogP) is 5.46.